The van der Waals surface area contributed by atoms with Gasteiger partial charge in [0.2, 0.25) is 0 Å². The molecule has 128 valence electrons. The number of hydrogen-bond donors (Lipinski definition) is 0. The highest BCUT2D eigenvalue weighted by atomic mass is 35.5. The quantitative estimate of drug-likeness (QED) is 0.608. The second-order valence-electron chi connectivity index (χ2n) is 4.95. The van der Waals surface area contributed by atoms with Crippen molar-refractivity contribution in [2.24, 2.45) is 5.10 Å². The van der Waals surface area contributed by atoms with E-state index in [1.807, 2.05) is 12.1 Å². The molecule has 6 nitrogen and oxygen atoms in total. The zero-order chi connectivity index (χ0) is 17.6. The van der Waals surface area contributed by atoms with Gasteiger partial charge >= 0.3 is 0 Å². The lowest BCUT2D eigenvalue weighted by Gasteiger charge is -2.14. The molecule has 1 aromatic heterocycles. The van der Waals surface area contributed by atoms with Crippen LogP contribution < -0.4 is 9.47 Å². The van der Waals surface area contributed by atoms with Gasteiger partial charge in [0.25, 0.3) is 0 Å². The number of halogens is 2. The largest absolute Gasteiger partial charge is 0.493 e. The summed E-state index contributed by atoms with van der Waals surface area (Å²) in [7, 11) is 1.57. The van der Waals surface area contributed by atoms with Crippen LogP contribution in [0.1, 0.15) is 11.1 Å². The molecule has 3 rings (SSSR count). The number of nitrogens with zero attached hydrogens (tertiary/aromatic N) is 4. The monoisotopic (exact) mass is 376 g/mol. The second kappa shape index (κ2) is 8.00. The first-order valence-corrected chi connectivity index (χ1v) is 8.06. The van der Waals surface area contributed by atoms with E-state index in [2.05, 4.69) is 15.3 Å². The van der Waals surface area contributed by atoms with Crippen molar-refractivity contribution in [3.8, 4) is 11.5 Å². The van der Waals surface area contributed by atoms with Crippen molar-refractivity contribution in [1.82, 2.24) is 14.9 Å². The predicted molar refractivity (Wildman–Crippen MR) is 96.8 cm³/mol. The van der Waals surface area contributed by atoms with Crippen LogP contribution in [-0.4, -0.2) is 28.2 Å². The molecule has 0 radical (unpaired) electrons. The average molecular weight is 377 g/mol. The summed E-state index contributed by atoms with van der Waals surface area (Å²) in [4.78, 5) is 0. The fourth-order valence-electron chi connectivity index (χ4n) is 2.15. The Labute approximate surface area is 154 Å². The number of para-hydroxylation sites is 1. The van der Waals surface area contributed by atoms with E-state index in [0.717, 1.165) is 5.56 Å². The number of benzene rings is 2. The van der Waals surface area contributed by atoms with Crippen LogP contribution in [0.4, 0.5) is 0 Å². The molecule has 0 unspecified atom stereocenters. The van der Waals surface area contributed by atoms with Gasteiger partial charge in [-0.15, -0.1) is 10.2 Å². The molecule has 0 fully saturated rings. The summed E-state index contributed by atoms with van der Waals surface area (Å²) in [5, 5.41) is 12.7. The van der Waals surface area contributed by atoms with Gasteiger partial charge in [0.1, 0.15) is 19.3 Å². The molecule has 0 aliphatic carbocycles. The van der Waals surface area contributed by atoms with Gasteiger partial charge in [-0.2, -0.15) is 5.10 Å². The van der Waals surface area contributed by atoms with Crippen molar-refractivity contribution in [1.29, 1.82) is 0 Å². The van der Waals surface area contributed by atoms with Gasteiger partial charge in [-0.3, -0.25) is 0 Å². The molecular weight excluding hydrogens is 363 g/mol. The molecule has 3 aromatic rings. The highest BCUT2D eigenvalue weighted by Gasteiger charge is 2.12. The van der Waals surface area contributed by atoms with Crippen LogP contribution in [0.2, 0.25) is 10.0 Å². The van der Waals surface area contributed by atoms with E-state index in [1.165, 1.54) is 17.3 Å². The van der Waals surface area contributed by atoms with Crippen LogP contribution in [0.5, 0.6) is 11.5 Å². The van der Waals surface area contributed by atoms with Gasteiger partial charge in [0.15, 0.2) is 11.5 Å². The van der Waals surface area contributed by atoms with E-state index in [0.29, 0.717) is 27.1 Å². The summed E-state index contributed by atoms with van der Waals surface area (Å²) in [6.07, 6.45) is 4.61. The molecule has 0 saturated heterocycles. The van der Waals surface area contributed by atoms with Crippen molar-refractivity contribution >= 4 is 29.4 Å². The number of rotatable bonds is 6. The molecule has 8 heteroatoms. The summed E-state index contributed by atoms with van der Waals surface area (Å²) in [5.74, 6) is 1.12. The topological polar surface area (TPSA) is 61.5 Å². The van der Waals surface area contributed by atoms with Crippen molar-refractivity contribution in [2.45, 2.75) is 6.61 Å². The van der Waals surface area contributed by atoms with E-state index in [9.17, 15) is 0 Å². The van der Waals surface area contributed by atoms with Gasteiger partial charge in [0.05, 0.1) is 13.3 Å². The first kappa shape index (κ1) is 17.3. The molecule has 0 N–H and O–H groups in total. The molecule has 1 heterocycles. The molecule has 0 aliphatic heterocycles. The Morgan fingerprint density at radius 2 is 1.76 bits per heavy atom. The smallest absolute Gasteiger partial charge is 0.170 e. The average Bonchev–Trinajstić information content (AvgIpc) is 3.13. The zero-order valence-electron chi connectivity index (χ0n) is 13.3. The molecule has 25 heavy (non-hydrogen) atoms. The van der Waals surface area contributed by atoms with Crippen molar-refractivity contribution in [3.05, 3.63) is 70.2 Å². The van der Waals surface area contributed by atoms with E-state index in [1.54, 1.807) is 37.6 Å². The standard InChI is InChI=1S/C17H14Cl2N4O2/c1-24-16-7-2-4-12(8-22-23-10-20-21-11-23)17(16)25-9-13-14(18)5-3-6-15(13)19/h2-8,10-11H,9H2,1H3/b22-8+. The van der Waals surface area contributed by atoms with Crippen molar-refractivity contribution < 1.29 is 9.47 Å². The fourth-order valence-corrected chi connectivity index (χ4v) is 2.65. The molecule has 0 spiro atoms. The third kappa shape index (κ3) is 4.10. The lowest BCUT2D eigenvalue weighted by molar-refractivity contribution is 0.284. The molecule has 0 amide bonds. The minimum Gasteiger partial charge on any atom is -0.493 e. The maximum atomic E-state index is 6.20. The summed E-state index contributed by atoms with van der Waals surface area (Å²) in [6.45, 7) is 0.201. The van der Waals surface area contributed by atoms with Gasteiger partial charge in [-0.25, -0.2) is 4.68 Å². The van der Waals surface area contributed by atoms with E-state index < -0.39 is 0 Å². The minimum absolute atomic E-state index is 0.201. The Hall–Kier alpha value is -2.57. The molecule has 0 aliphatic rings. The predicted octanol–water partition coefficient (Wildman–Crippen LogP) is 4.05. The third-order valence-electron chi connectivity index (χ3n) is 3.39. The van der Waals surface area contributed by atoms with Gasteiger partial charge in [0, 0.05) is 21.2 Å². The second-order valence-corrected chi connectivity index (χ2v) is 5.77. The zero-order valence-corrected chi connectivity index (χ0v) is 14.8. The molecule has 0 bridgehead atoms. The highest BCUT2D eigenvalue weighted by molar-refractivity contribution is 6.35. The number of ether oxygens (including phenoxy) is 2. The molecule has 2 aromatic carbocycles. The van der Waals surface area contributed by atoms with Gasteiger partial charge < -0.3 is 9.47 Å². The minimum atomic E-state index is 0.201. The number of aromatic nitrogens is 3. The first-order valence-electron chi connectivity index (χ1n) is 7.30. The summed E-state index contributed by atoms with van der Waals surface area (Å²) in [5.41, 5.74) is 1.44. The highest BCUT2D eigenvalue weighted by Crippen LogP contribution is 2.32. The Balaban J connectivity index is 1.89. The fraction of sp³-hybridized carbons (Fsp3) is 0.118. The summed E-state index contributed by atoms with van der Waals surface area (Å²) < 4.78 is 12.8. The molecule has 0 saturated carbocycles. The Bertz CT molecular complexity index is 862. The molecule has 0 atom stereocenters. The lowest BCUT2D eigenvalue weighted by Crippen LogP contribution is -2.02. The third-order valence-corrected chi connectivity index (χ3v) is 4.10. The summed E-state index contributed by atoms with van der Waals surface area (Å²) >= 11 is 12.4. The Morgan fingerprint density at radius 3 is 2.44 bits per heavy atom. The van der Waals surface area contributed by atoms with Crippen LogP contribution >= 0.6 is 23.2 Å². The maximum absolute atomic E-state index is 6.20. The Kier molecular flexibility index (Phi) is 5.53. The van der Waals surface area contributed by atoms with Gasteiger partial charge in [-0.05, 0) is 24.3 Å². The van der Waals surface area contributed by atoms with Crippen LogP contribution in [0.25, 0.3) is 0 Å². The number of hydrogen-bond acceptors (Lipinski definition) is 5. The summed E-state index contributed by atoms with van der Waals surface area (Å²) in [6, 6.07) is 10.8. The van der Waals surface area contributed by atoms with Gasteiger partial charge in [-0.1, -0.05) is 35.3 Å². The van der Waals surface area contributed by atoms with Crippen LogP contribution in [0.3, 0.4) is 0 Å². The Morgan fingerprint density at radius 1 is 1.08 bits per heavy atom. The van der Waals surface area contributed by atoms with Crippen LogP contribution in [-0.2, 0) is 6.61 Å². The SMILES string of the molecule is COc1cccc(/C=N/n2cnnc2)c1OCc1c(Cl)cccc1Cl. The van der Waals surface area contributed by atoms with E-state index in [-0.39, 0.29) is 6.61 Å². The van der Waals surface area contributed by atoms with Crippen molar-refractivity contribution in [3.63, 3.8) is 0 Å². The first-order chi connectivity index (χ1) is 12.2. The van der Waals surface area contributed by atoms with Crippen molar-refractivity contribution in [2.75, 3.05) is 7.11 Å². The van der Waals surface area contributed by atoms with E-state index >= 15 is 0 Å². The normalized spacial score (nSPS) is 11.0. The lowest BCUT2D eigenvalue weighted by atomic mass is 10.2. The van der Waals surface area contributed by atoms with Crippen LogP contribution in [0.15, 0.2) is 54.2 Å². The maximum Gasteiger partial charge on any atom is 0.170 e. The van der Waals surface area contributed by atoms with E-state index in [4.69, 9.17) is 32.7 Å². The van der Waals surface area contributed by atoms with Crippen LogP contribution in [0, 0.1) is 0 Å². The number of methoxy groups -OCH3 is 1. The molecular formula is C17H14Cl2N4O2.